The summed E-state index contributed by atoms with van der Waals surface area (Å²) < 4.78 is 14.0. The van der Waals surface area contributed by atoms with E-state index in [2.05, 4.69) is 15.3 Å². The van der Waals surface area contributed by atoms with Gasteiger partial charge in [0.25, 0.3) is 5.91 Å². The van der Waals surface area contributed by atoms with Crippen LogP contribution in [0.15, 0.2) is 71.4 Å². The third-order valence-corrected chi connectivity index (χ3v) is 4.15. The normalized spacial score (nSPS) is 12.3. The molecule has 2 aromatic carbocycles. The largest absolute Gasteiger partial charge is 0.404 e. The number of fused-ring (bicyclic) bond motifs is 1. The van der Waals surface area contributed by atoms with Crippen molar-refractivity contribution in [2.45, 2.75) is 6.92 Å². The zero-order valence-corrected chi connectivity index (χ0v) is 15.2. The molecular formula is C20H16ClFN4O. The topological polar surface area (TPSA) is 80.4 Å². The summed E-state index contributed by atoms with van der Waals surface area (Å²) in [7, 11) is 0. The van der Waals surface area contributed by atoms with Crippen LogP contribution in [0, 0.1) is 5.82 Å². The first-order valence-electron chi connectivity index (χ1n) is 8.08. The fourth-order valence-electron chi connectivity index (χ4n) is 2.50. The van der Waals surface area contributed by atoms with Crippen molar-refractivity contribution in [3.63, 3.8) is 0 Å². The van der Waals surface area contributed by atoms with Gasteiger partial charge < -0.3 is 11.1 Å². The molecule has 0 unspecified atom stereocenters. The number of nitrogens with zero attached hydrogens (tertiary/aromatic N) is 2. The van der Waals surface area contributed by atoms with Gasteiger partial charge in [-0.2, -0.15) is 0 Å². The van der Waals surface area contributed by atoms with Crippen molar-refractivity contribution < 1.29 is 9.18 Å². The lowest BCUT2D eigenvalue weighted by Gasteiger charge is -2.09. The van der Waals surface area contributed by atoms with Gasteiger partial charge in [0.2, 0.25) is 0 Å². The summed E-state index contributed by atoms with van der Waals surface area (Å²) in [6.45, 7) is 1.56. The Labute approximate surface area is 160 Å². The fourth-order valence-corrected chi connectivity index (χ4v) is 2.67. The van der Waals surface area contributed by atoms with Gasteiger partial charge in [0.15, 0.2) is 5.82 Å². The number of aliphatic imine (C=N–C) groups is 1. The highest BCUT2D eigenvalue weighted by molar-refractivity contribution is 6.31. The summed E-state index contributed by atoms with van der Waals surface area (Å²) in [5, 5.41) is 3.59. The zero-order valence-electron chi connectivity index (χ0n) is 14.4. The van der Waals surface area contributed by atoms with Crippen molar-refractivity contribution in [3.8, 4) is 0 Å². The second-order valence-electron chi connectivity index (χ2n) is 5.69. The molecule has 3 aromatic rings. The van der Waals surface area contributed by atoms with Crippen LogP contribution in [-0.4, -0.2) is 16.6 Å². The minimum absolute atomic E-state index is 0.0241. The summed E-state index contributed by atoms with van der Waals surface area (Å²) in [5.41, 5.74) is 6.72. The van der Waals surface area contributed by atoms with E-state index in [-0.39, 0.29) is 22.0 Å². The van der Waals surface area contributed by atoms with E-state index in [1.807, 2.05) is 30.3 Å². The SMILES string of the molecule is CC(=Nc1cccc(Cl)c1F)/C(=C\N)C(=O)Nc1ccc2ccccc2n1. The molecule has 0 fully saturated rings. The van der Waals surface area contributed by atoms with Crippen LogP contribution in [0.4, 0.5) is 15.9 Å². The Bertz CT molecular complexity index is 1080. The van der Waals surface area contributed by atoms with Gasteiger partial charge in [-0.25, -0.2) is 14.4 Å². The number of anilines is 1. The summed E-state index contributed by atoms with van der Waals surface area (Å²) in [4.78, 5) is 21.1. The minimum Gasteiger partial charge on any atom is -0.404 e. The molecule has 3 N–H and O–H groups in total. The van der Waals surface area contributed by atoms with Crippen LogP contribution < -0.4 is 11.1 Å². The molecule has 0 atom stereocenters. The first kappa shape index (κ1) is 18.5. The molecule has 1 amide bonds. The summed E-state index contributed by atoms with van der Waals surface area (Å²) in [6, 6.07) is 15.5. The number of pyridine rings is 1. The standard InChI is InChI=1S/C20H16ClFN4O/c1-12(24-17-8-4-6-15(21)19(17)22)14(11-23)20(27)26-18-10-9-13-5-2-3-7-16(13)25-18/h2-11H,23H2,1H3,(H,25,26,27)/b14-11+,24-12?. The van der Waals surface area contributed by atoms with Gasteiger partial charge in [-0.1, -0.05) is 35.9 Å². The van der Waals surface area contributed by atoms with E-state index in [4.69, 9.17) is 17.3 Å². The average molecular weight is 383 g/mol. The molecule has 0 saturated carbocycles. The lowest BCUT2D eigenvalue weighted by atomic mass is 10.1. The van der Waals surface area contributed by atoms with Crippen molar-refractivity contribution in [1.29, 1.82) is 0 Å². The lowest BCUT2D eigenvalue weighted by Crippen LogP contribution is -2.21. The second kappa shape index (κ2) is 7.97. The van der Waals surface area contributed by atoms with Gasteiger partial charge in [0.05, 0.1) is 21.8 Å². The third-order valence-electron chi connectivity index (χ3n) is 3.86. The number of carbonyl (C=O) groups is 1. The van der Waals surface area contributed by atoms with Crippen LogP contribution >= 0.6 is 11.6 Å². The molecule has 0 bridgehead atoms. The molecule has 0 spiro atoms. The number of hydrogen-bond acceptors (Lipinski definition) is 4. The maximum atomic E-state index is 14.0. The number of para-hydroxylation sites is 1. The molecule has 1 aromatic heterocycles. The molecule has 1 heterocycles. The Balaban J connectivity index is 1.84. The van der Waals surface area contributed by atoms with Gasteiger partial charge >= 0.3 is 0 Å². The Morgan fingerprint density at radius 1 is 1.19 bits per heavy atom. The van der Waals surface area contributed by atoms with E-state index >= 15 is 0 Å². The smallest absolute Gasteiger partial charge is 0.260 e. The summed E-state index contributed by atoms with van der Waals surface area (Å²) >= 11 is 5.76. The van der Waals surface area contributed by atoms with E-state index in [9.17, 15) is 9.18 Å². The number of amides is 1. The molecule has 0 aliphatic carbocycles. The maximum absolute atomic E-state index is 14.0. The highest BCUT2D eigenvalue weighted by atomic mass is 35.5. The number of benzene rings is 2. The highest BCUT2D eigenvalue weighted by Gasteiger charge is 2.15. The predicted octanol–water partition coefficient (Wildman–Crippen LogP) is 4.60. The Morgan fingerprint density at radius 2 is 1.96 bits per heavy atom. The number of aromatic nitrogens is 1. The third kappa shape index (κ3) is 4.12. The average Bonchev–Trinajstić information content (AvgIpc) is 2.66. The predicted molar refractivity (Wildman–Crippen MR) is 107 cm³/mol. The Kier molecular flexibility index (Phi) is 5.47. The van der Waals surface area contributed by atoms with Crippen LogP contribution in [0.5, 0.6) is 0 Å². The first-order valence-corrected chi connectivity index (χ1v) is 8.46. The van der Waals surface area contributed by atoms with Crippen LogP contribution in [0.1, 0.15) is 6.92 Å². The Hall–Kier alpha value is -3.25. The Morgan fingerprint density at radius 3 is 2.74 bits per heavy atom. The molecular weight excluding hydrogens is 367 g/mol. The number of nitrogens with two attached hydrogens (primary N) is 1. The van der Waals surface area contributed by atoms with E-state index in [0.29, 0.717) is 5.82 Å². The first-order chi connectivity index (χ1) is 13.0. The molecule has 7 heteroatoms. The van der Waals surface area contributed by atoms with E-state index in [1.54, 1.807) is 19.1 Å². The molecule has 3 rings (SSSR count). The minimum atomic E-state index is -0.661. The number of carbonyl (C=O) groups excluding carboxylic acids is 1. The van der Waals surface area contributed by atoms with E-state index < -0.39 is 11.7 Å². The highest BCUT2D eigenvalue weighted by Crippen LogP contribution is 2.25. The summed E-state index contributed by atoms with van der Waals surface area (Å²) in [6.07, 6.45) is 1.12. The molecule has 5 nitrogen and oxygen atoms in total. The van der Waals surface area contributed by atoms with Crippen molar-refractivity contribution in [2.75, 3.05) is 5.32 Å². The number of nitrogens with one attached hydrogen (secondary N) is 1. The van der Waals surface area contributed by atoms with Crippen LogP contribution in [0.3, 0.4) is 0 Å². The van der Waals surface area contributed by atoms with Crippen molar-refractivity contribution >= 4 is 45.6 Å². The second-order valence-corrected chi connectivity index (χ2v) is 6.10. The van der Waals surface area contributed by atoms with Crippen LogP contribution in [-0.2, 0) is 4.79 Å². The molecule has 136 valence electrons. The molecule has 27 heavy (non-hydrogen) atoms. The molecule has 0 saturated heterocycles. The maximum Gasteiger partial charge on any atom is 0.260 e. The van der Waals surface area contributed by atoms with E-state index in [0.717, 1.165) is 17.1 Å². The van der Waals surface area contributed by atoms with Gasteiger partial charge in [0, 0.05) is 11.6 Å². The fraction of sp³-hybridized carbons (Fsp3) is 0.0500. The number of halogens is 2. The molecule has 0 aliphatic rings. The monoisotopic (exact) mass is 382 g/mol. The van der Waals surface area contributed by atoms with Gasteiger partial charge in [-0.05, 0) is 37.3 Å². The summed E-state index contributed by atoms with van der Waals surface area (Å²) in [5.74, 6) is -0.782. The number of hydrogen-bond donors (Lipinski definition) is 2. The molecule has 0 radical (unpaired) electrons. The van der Waals surface area contributed by atoms with Crippen LogP contribution in [0.2, 0.25) is 5.02 Å². The van der Waals surface area contributed by atoms with Gasteiger partial charge in [-0.15, -0.1) is 0 Å². The van der Waals surface area contributed by atoms with Gasteiger partial charge in [0.1, 0.15) is 11.5 Å². The zero-order chi connectivity index (χ0) is 19.4. The van der Waals surface area contributed by atoms with Crippen molar-refractivity contribution in [1.82, 2.24) is 4.98 Å². The van der Waals surface area contributed by atoms with Crippen LogP contribution in [0.25, 0.3) is 10.9 Å². The van der Waals surface area contributed by atoms with Gasteiger partial charge in [-0.3, -0.25) is 4.79 Å². The lowest BCUT2D eigenvalue weighted by molar-refractivity contribution is -0.112. The number of rotatable bonds is 4. The molecule has 0 aliphatic heterocycles. The van der Waals surface area contributed by atoms with Crippen molar-refractivity contribution in [2.24, 2.45) is 10.7 Å². The van der Waals surface area contributed by atoms with Crippen molar-refractivity contribution in [3.05, 3.63) is 77.2 Å². The van der Waals surface area contributed by atoms with E-state index in [1.165, 1.54) is 12.1 Å². The quantitative estimate of drug-likeness (QED) is 0.511.